The van der Waals surface area contributed by atoms with E-state index in [1.165, 1.54) is 0 Å². The minimum atomic E-state index is -3.71. The lowest BCUT2D eigenvalue weighted by atomic mass is 10.1. The molecule has 0 fully saturated rings. The van der Waals surface area contributed by atoms with Gasteiger partial charge in [-0.2, -0.15) is 4.31 Å². The summed E-state index contributed by atoms with van der Waals surface area (Å²) in [5.74, 6) is 1.31. The first kappa shape index (κ1) is 28.7. The Morgan fingerprint density at radius 3 is 2.25 bits per heavy atom. The molecule has 0 heterocycles. The Kier molecular flexibility index (Phi) is 10.8. The van der Waals surface area contributed by atoms with E-state index in [9.17, 15) is 8.42 Å². The number of nitrogens with zero attached hydrogens (tertiary/aromatic N) is 2. The molecule has 36 heavy (non-hydrogen) atoms. The van der Waals surface area contributed by atoms with Gasteiger partial charge in [-0.15, -0.1) is 0 Å². The zero-order valence-corrected chi connectivity index (χ0v) is 24.2. The summed E-state index contributed by atoms with van der Waals surface area (Å²) in [5.41, 5.74) is 0.859. The van der Waals surface area contributed by atoms with Crippen LogP contribution in [0.5, 0.6) is 11.5 Å². The Hall–Kier alpha value is -1.90. The van der Waals surface area contributed by atoms with Gasteiger partial charge < -0.3 is 9.64 Å². The minimum Gasteiger partial charge on any atom is -0.457 e. The first-order valence-electron chi connectivity index (χ1n) is 12.2. The minimum absolute atomic E-state index is 0.171. The van der Waals surface area contributed by atoms with Gasteiger partial charge in [-0.1, -0.05) is 53.5 Å². The highest BCUT2D eigenvalue weighted by molar-refractivity contribution is 9.10. The Morgan fingerprint density at radius 1 is 0.944 bits per heavy atom. The molecular formula is C28H34BrClN2O3S. The monoisotopic (exact) mass is 592 g/mol. The van der Waals surface area contributed by atoms with Gasteiger partial charge in [0.25, 0.3) is 0 Å². The molecule has 0 N–H and O–H groups in total. The fraction of sp³-hybridized carbons (Fsp3) is 0.357. The summed E-state index contributed by atoms with van der Waals surface area (Å²) in [4.78, 5) is 2.65. The number of sulfonamides is 1. The van der Waals surface area contributed by atoms with Gasteiger partial charge in [0, 0.05) is 22.1 Å². The summed E-state index contributed by atoms with van der Waals surface area (Å²) in [6.45, 7) is 9.48. The molecule has 1 atom stereocenters. The second kappa shape index (κ2) is 13.6. The van der Waals surface area contributed by atoms with E-state index < -0.39 is 10.0 Å². The lowest BCUT2D eigenvalue weighted by Gasteiger charge is -2.29. The van der Waals surface area contributed by atoms with Crippen molar-refractivity contribution in [2.45, 2.75) is 51.1 Å². The average molecular weight is 594 g/mol. The van der Waals surface area contributed by atoms with Crippen molar-refractivity contribution in [3.05, 3.63) is 87.9 Å². The number of hydrogen-bond acceptors (Lipinski definition) is 4. The number of benzene rings is 3. The molecule has 0 aromatic heterocycles. The number of rotatable bonds is 13. The van der Waals surface area contributed by atoms with Crippen LogP contribution in [-0.4, -0.2) is 43.3 Å². The van der Waals surface area contributed by atoms with Crippen LogP contribution in [0.1, 0.15) is 39.2 Å². The summed E-state index contributed by atoms with van der Waals surface area (Å²) >= 11 is 9.37. The van der Waals surface area contributed by atoms with Crippen molar-refractivity contribution in [2.24, 2.45) is 0 Å². The molecule has 0 saturated heterocycles. The van der Waals surface area contributed by atoms with Gasteiger partial charge in [-0.3, -0.25) is 0 Å². The van der Waals surface area contributed by atoms with Crippen LogP contribution in [0.2, 0.25) is 5.02 Å². The summed E-state index contributed by atoms with van der Waals surface area (Å²) in [6, 6.07) is 21.4. The molecule has 0 aliphatic heterocycles. The van der Waals surface area contributed by atoms with E-state index >= 15 is 0 Å². The quantitative estimate of drug-likeness (QED) is 0.205. The Bertz CT molecular complexity index is 1200. The van der Waals surface area contributed by atoms with Crippen LogP contribution < -0.4 is 4.74 Å². The second-order valence-corrected chi connectivity index (χ2v) is 12.0. The van der Waals surface area contributed by atoms with Crippen molar-refractivity contribution < 1.29 is 13.2 Å². The molecule has 0 saturated carbocycles. The highest BCUT2D eigenvalue weighted by Gasteiger charge is 2.29. The average Bonchev–Trinajstić information content (AvgIpc) is 2.87. The summed E-state index contributed by atoms with van der Waals surface area (Å²) in [6.07, 6.45) is 1.70. The van der Waals surface area contributed by atoms with Crippen molar-refractivity contribution >= 4 is 37.6 Å². The lowest BCUT2D eigenvalue weighted by Crippen LogP contribution is -2.38. The third kappa shape index (κ3) is 8.05. The summed E-state index contributed by atoms with van der Waals surface area (Å²) in [7, 11) is -3.71. The first-order chi connectivity index (χ1) is 17.2. The van der Waals surface area contributed by atoms with Gasteiger partial charge in [-0.05, 0) is 106 Å². The highest BCUT2D eigenvalue weighted by atomic mass is 79.9. The van der Waals surface area contributed by atoms with Crippen LogP contribution >= 0.6 is 27.5 Å². The van der Waals surface area contributed by atoms with Crippen molar-refractivity contribution in [2.75, 3.05) is 19.6 Å². The van der Waals surface area contributed by atoms with Gasteiger partial charge in [0.05, 0.1) is 4.90 Å². The molecule has 194 valence electrons. The van der Waals surface area contributed by atoms with Gasteiger partial charge >= 0.3 is 0 Å². The van der Waals surface area contributed by atoms with Gasteiger partial charge in [-0.25, -0.2) is 8.42 Å². The molecule has 8 heteroatoms. The number of halogens is 2. The molecule has 0 spiro atoms. The largest absolute Gasteiger partial charge is 0.457 e. The molecule has 0 amide bonds. The van der Waals surface area contributed by atoms with Crippen molar-refractivity contribution in [3.8, 4) is 11.5 Å². The fourth-order valence-electron chi connectivity index (χ4n) is 4.04. The molecule has 3 aromatic carbocycles. The molecule has 3 rings (SSSR count). The standard InChI is InChI=1S/C28H34BrClN2O3S/c1-4-31(5-2)19-7-8-22(3)32(36(33,34)28-17-11-24(29)12-18-28)21-23-9-6-10-27(20-23)35-26-15-13-25(30)14-16-26/h6,9-18,20,22H,4-5,7-8,19,21H2,1-3H3. The van der Waals surface area contributed by atoms with Crippen LogP contribution in [0.4, 0.5) is 0 Å². The predicted octanol–water partition coefficient (Wildman–Crippen LogP) is 7.60. The molecule has 3 aromatic rings. The lowest BCUT2D eigenvalue weighted by molar-refractivity contribution is 0.265. The molecular weight excluding hydrogens is 560 g/mol. The fourth-order valence-corrected chi connectivity index (χ4v) is 6.08. The highest BCUT2D eigenvalue weighted by Crippen LogP contribution is 2.28. The zero-order valence-electron chi connectivity index (χ0n) is 21.0. The van der Waals surface area contributed by atoms with Gasteiger partial charge in [0.1, 0.15) is 11.5 Å². The van der Waals surface area contributed by atoms with E-state index in [4.69, 9.17) is 16.3 Å². The van der Waals surface area contributed by atoms with E-state index in [0.29, 0.717) is 16.5 Å². The second-order valence-electron chi connectivity index (χ2n) is 8.73. The normalized spacial score (nSPS) is 12.8. The summed E-state index contributed by atoms with van der Waals surface area (Å²) < 4.78 is 36.0. The molecule has 0 aliphatic rings. The van der Waals surface area contributed by atoms with E-state index in [-0.39, 0.29) is 17.5 Å². The van der Waals surface area contributed by atoms with E-state index in [1.54, 1.807) is 52.8 Å². The third-order valence-electron chi connectivity index (χ3n) is 6.19. The number of ether oxygens (including phenoxy) is 1. The van der Waals surface area contributed by atoms with E-state index in [1.807, 2.05) is 31.2 Å². The van der Waals surface area contributed by atoms with Gasteiger partial charge in [0.2, 0.25) is 10.0 Å². The van der Waals surface area contributed by atoms with Crippen LogP contribution in [0.15, 0.2) is 82.2 Å². The van der Waals surface area contributed by atoms with E-state index in [2.05, 4.69) is 34.7 Å². The zero-order chi connectivity index (χ0) is 26.1. The van der Waals surface area contributed by atoms with Crippen molar-refractivity contribution in [1.82, 2.24) is 9.21 Å². The Balaban J connectivity index is 1.83. The molecule has 0 aliphatic carbocycles. The molecule has 0 radical (unpaired) electrons. The van der Waals surface area contributed by atoms with E-state index in [0.717, 1.165) is 42.5 Å². The van der Waals surface area contributed by atoms with Crippen molar-refractivity contribution in [3.63, 3.8) is 0 Å². The Labute approximate surface area is 229 Å². The topological polar surface area (TPSA) is 49.9 Å². The predicted molar refractivity (Wildman–Crippen MR) is 151 cm³/mol. The van der Waals surface area contributed by atoms with Crippen LogP contribution in [0.25, 0.3) is 0 Å². The van der Waals surface area contributed by atoms with Crippen LogP contribution in [-0.2, 0) is 16.6 Å². The van der Waals surface area contributed by atoms with Gasteiger partial charge in [0.15, 0.2) is 0 Å². The molecule has 5 nitrogen and oxygen atoms in total. The maximum atomic E-state index is 13.8. The van der Waals surface area contributed by atoms with Crippen molar-refractivity contribution in [1.29, 1.82) is 0 Å². The maximum absolute atomic E-state index is 13.8. The van der Waals surface area contributed by atoms with Crippen LogP contribution in [0, 0.1) is 0 Å². The number of hydrogen-bond donors (Lipinski definition) is 0. The SMILES string of the molecule is CCN(CC)CCCC(C)N(Cc1cccc(Oc2ccc(Cl)cc2)c1)S(=O)(=O)c1ccc(Br)cc1. The maximum Gasteiger partial charge on any atom is 0.243 e. The third-order valence-corrected chi connectivity index (χ3v) is 8.94. The molecule has 0 bridgehead atoms. The first-order valence-corrected chi connectivity index (χ1v) is 14.9. The Morgan fingerprint density at radius 2 is 1.61 bits per heavy atom. The molecule has 1 unspecified atom stereocenters. The van der Waals surface area contributed by atoms with Crippen LogP contribution in [0.3, 0.4) is 0 Å². The smallest absolute Gasteiger partial charge is 0.243 e. The summed E-state index contributed by atoms with van der Waals surface area (Å²) in [5, 5.41) is 0.639.